The lowest BCUT2D eigenvalue weighted by Crippen LogP contribution is -2.41. The third-order valence-electron chi connectivity index (χ3n) is 3.02. The molecule has 1 heterocycles. The van der Waals surface area contributed by atoms with E-state index in [9.17, 15) is 4.79 Å². The molecule has 0 aliphatic carbocycles. The highest BCUT2D eigenvalue weighted by atomic mass is 32.1. The summed E-state index contributed by atoms with van der Waals surface area (Å²) in [4.78, 5) is 14.3. The Kier molecular flexibility index (Phi) is 4.51. The number of rotatable bonds is 3. The number of nitrogens with zero attached hydrogens (tertiary/aromatic N) is 1. The van der Waals surface area contributed by atoms with Gasteiger partial charge in [-0.3, -0.25) is 4.79 Å². The molecule has 0 bridgehead atoms. The van der Waals surface area contributed by atoms with E-state index in [2.05, 4.69) is 6.92 Å². The number of hydrogen-bond donors (Lipinski definition) is 1. The van der Waals surface area contributed by atoms with Crippen molar-refractivity contribution in [1.82, 2.24) is 4.90 Å². The first kappa shape index (κ1) is 12.4. The zero-order valence-electron chi connectivity index (χ0n) is 9.53. The Morgan fingerprint density at radius 2 is 2.07 bits per heavy atom. The lowest BCUT2D eigenvalue weighted by atomic mass is 9.97. The van der Waals surface area contributed by atoms with Crippen molar-refractivity contribution in [3.8, 4) is 0 Å². The number of hydrogen-bond acceptors (Lipinski definition) is 2. The Balaban J connectivity index is 2.42. The van der Waals surface area contributed by atoms with E-state index in [4.69, 9.17) is 18.0 Å². The minimum atomic E-state index is -0.0593. The molecule has 1 saturated heterocycles. The molecule has 3 nitrogen and oxygen atoms in total. The second-order valence-electron chi connectivity index (χ2n) is 4.58. The van der Waals surface area contributed by atoms with Gasteiger partial charge in [0.1, 0.15) is 0 Å². The third-order valence-corrected chi connectivity index (χ3v) is 3.19. The zero-order chi connectivity index (χ0) is 11.4. The Labute approximate surface area is 97.0 Å². The highest BCUT2D eigenvalue weighted by molar-refractivity contribution is 7.80. The van der Waals surface area contributed by atoms with Crippen molar-refractivity contribution in [2.24, 2.45) is 17.6 Å². The molecule has 15 heavy (non-hydrogen) atoms. The van der Waals surface area contributed by atoms with Crippen molar-refractivity contribution < 1.29 is 4.79 Å². The molecule has 1 fully saturated rings. The fourth-order valence-electron chi connectivity index (χ4n) is 1.93. The normalized spacial score (nSPS) is 20.0. The average Bonchev–Trinajstić information content (AvgIpc) is 2.17. The maximum Gasteiger partial charge on any atom is 0.225 e. The van der Waals surface area contributed by atoms with Crippen molar-refractivity contribution in [3.05, 3.63) is 0 Å². The van der Waals surface area contributed by atoms with Crippen LogP contribution in [0.2, 0.25) is 0 Å². The van der Waals surface area contributed by atoms with Gasteiger partial charge in [-0.1, -0.05) is 26.1 Å². The van der Waals surface area contributed by atoms with Crippen molar-refractivity contribution >= 4 is 23.1 Å². The van der Waals surface area contributed by atoms with Crippen LogP contribution in [0.5, 0.6) is 0 Å². The minimum Gasteiger partial charge on any atom is -0.393 e. The van der Waals surface area contributed by atoms with E-state index in [0.29, 0.717) is 11.4 Å². The number of piperidine rings is 1. The van der Waals surface area contributed by atoms with E-state index in [1.807, 2.05) is 11.8 Å². The number of carbonyl (C=O) groups is 1. The number of thiocarbonyl (C=S) groups is 1. The van der Waals surface area contributed by atoms with Crippen LogP contribution in [-0.4, -0.2) is 28.9 Å². The molecular weight excluding hydrogens is 208 g/mol. The van der Waals surface area contributed by atoms with Crippen LogP contribution >= 0.6 is 12.2 Å². The zero-order valence-corrected chi connectivity index (χ0v) is 10.3. The van der Waals surface area contributed by atoms with Gasteiger partial charge < -0.3 is 10.6 Å². The predicted octanol–water partition coefficient (Wildman–Crippen LogP) is 1.56. The fraction of sp³-hybridized carbons (Fsp3) is 0.818. The van der Waals surface area contributed by atoms with Crippen molar-refractivity contribution in [2.75, 3.05) is 13.1 Å². The number of carbonyl (C=O) groups excluding carboxylic acids is 1. The highest BCUT2D eigenvalue weighted by Crippen LogP contribution is 2.18. The molecule has 0 aromatic heterocycles. The van der Waals surface area contributed by atoms with Gasteiger partial charge in [0.25, 0.3) is 0 Å². The first-order valence-electron chi connectivity index (χ1n) is 5.57. The molecule has 1 unspecified atom stereocenters. The van der Waals surface area contributed by atoms with E-state index < -0.39 is 0 Å². The molecule has 4 heteroatoms. The molecule has 1 amide bonds. The standard InChI is InChI=1S/C11H20N2OS/c1-8-3-5-13(6-4-8)11(14)9(2)7-10(12)15/h8-9H,3-7H2,1-2H3,(H2,12,15). The first-order chi connectivity index (χ1) is 7.00. The van der Waals surface area contributed by atoms with Gasteiger partial charge in [0, 0.05) is 25.4 Å². The van der Waals surface area contributed by atoms with Crippen LogP contribution in [0.25, 0.3) is 0 Å². The summed E-state index contributed by atoms with van der Waals surface area (Å²) in [5.74, 6) is 0.894. The topological polar surface area (TPSA) is 46.3 Å². The molecule has 0 aromatic carbocycles. The van der Waals surface area contributed by atoms with E-state index in [0.717, 1.165) is 31.8 Å². The summed E-state index contributed by atoms with van der Waals surface area (Å²) in [6, 6.07) is 0. The smallest absolute Gasteiger partial charge is 0.225 e. The minimum absolute atomic E-state index is 0.0593. The SMILES string of the molecule is CC1CCN(C(=O)C(C)CC(N)=S)CC1. The second kappa shape index (κ2) is 5.45. The van der Waals surface area contributed by atoms with Crippen molar-refractivity contribution in [2.45, 2.75) is 33.1 Å². The quantitative estimate of drug-likeness (QED) is 0.746. The summed E-state index contributed by atoms with van der Waals surface area (Å²) in [7, 11) is 0. The molecule has 1 rings (SSSR count). The van der Waals surface area contributed by atoms with Gasteiger partial charge in [-0.15, -0.1) is 0 Å². The van der Waals surface area contributed by atoms with Gasteiger partial charge in [0.2, 0.25) is 5.91 Å². The molecule has 0 radical (unpaired) electrons. The maximum atomic E-state index is 12.0. The van der Waals surface area contributed by atoms with Gasteiger partial charge in [-0.05, 0) is 18.8 Å². The summed E-state index contributed by atoms with van der Waals surface area (Å²) in [5.41, 5.74) is 5.44. The van der Waals surface area contributed by atoms with Crippen LogP contribution < -0.4 is 5.73 Å². The average molecular weight is 228 g/mol. The molecule has 1 atom stereocenters. The number of amides is 1. The Morgan fingerprint density at radius 1 is 1.53 bits per heavy atom. The van der Waals surface area contributed by atoms with E-state index >= 15 is 0 Å². The first-order valence-corrected chi connectivity index (χ1v) is 5.98. The molecule has 0 aromatic rings. The lowest BCUT2D eigenvalue weighted by molar-refractivity contribution is -0.136. The second-order valence-corrected chi connectivity index (χ2v) is 5.10. The Bertz CT molecular complexity index is 247. The molecule has 86 valence electrons. The summed E-state index contributed by atoms with van der Waals surface area (Å²) >= 11 is 4.82. The summed E-state index contributed by atoms with van der Waals surface area (Å²) in [6.07, 6.45) is 2.76. The lowest BCUT2D eigenvalue weighted by Gasteiger charge is -2.32. The summed E-state index contributed by atoms with van der Waals surface area (Å²) in [6.45, 7) is 5.92. The van der Waals surface area contributed by atoms with Crippen LogP contribution in [0.15, 0.2) is 0 Å². The fourth-order valence-corrected chi connectivity index (χ4v) is 2.18. The maximum absolute atomic E-state index is 12.0. The highest BCUT2D eigenvalue weighted by Gasteiger charge is 2.24. The summed E-state index contributed by atoms with van der Waals surface area (Å²) in [5, 5.41) is 0. The largest absolute Gasteiger partial charge is 0.393 e. The predicted molar refractivity (Wildman–Crippen MR) is 65.5 cm³/mol. The van der Waals surface area contributed by atoms with Gasteiger partial charge in [-0.2, -0.15) is 0 Å². The monoisotopic (exact) mass is 228 g/mol. The molecule has 0 spiro atoms. The van der Waals surface area contributed by atoms with Crippen LogP contribution in [-0.2, 0) is 4.79 Å². The van der Waals surface area contributed by atoms with Crippen LogP contribution in [0.3, 0.4) is 0 Å². The molecular formula is C11H20N2OS. The van der Waals surface area contributed by atoms with Crippen LogP contribution in [0, 0.1) is 11.8 Å². The third kappa shape index (κ3) is 3.78. The van der Waals surface area contributed by atoms with E-state index in [1.165, 1.54) is 0 Å². The summed E-state index contributed by atoms with van der Waals surface area (Å²) < 4.78 is 0. The van der Waals surface area contributed by atoms with Crippen LogP contribution in [0.4, 0.5) is 0 Å². The van der Waals surface area contributed by atoms with E-state index in [1.54, 1.807) is 0 Å². The Morgan fingerprint density at radius 3 is 2.53 bits per heavy atom. The number of nitrogens with two attached hydrogens (primary N) is 1. The van der Waals surface area contributed by atoms with Crippen molar-refractivity contribution in [3.63, 3.8) is 0 Å². The van der Waals surface area contributed by atoms with Gasteiger partial charge in [0.15, 0.2) is 0 Å². The van der Waals surface area contributed by atoms with Crippen molar-refractivity contribution in [1.29, 1.82) is 0 Å². The van der Waals surface area contributed by atoms with E-state index in [-0.39, 0.29) is 11.8 Å². The Hall–Kier alpha value is -0.640. The molecule has 0 saturated carbocycles. The number of likely N-dealkylation sites (tertiary alicyclic amines) is 1. The molecule has 1 aliphatic rings. The molecule has 2 N–H and O–H groups in total. The van der Waals surface area contributed by atoms with Crippen LogP contribution in [0.1, 0.15) is 33.1 Å². The van der Waals surface area contributed by atoms with Gasteiger partial charge in [-0.25, -0.2) is 0 Å². The molecule has 1 aliphatic heterocycles. The van der Waals surface area contributed by atoms with Gasteiger partial charge >= 0.3 is 0 Å². The van der Waals surface area contributed by atoms with Gasteiger partial charge in [0.05, 0.1) is 4.99 Å².